The molecule has 1 N–H and O–H groups in total. The first kappa shape index (κ1) is 14.4. The van der Waals surface area contributed by atoms with Crippen LogP contribution in [0.1, 0.15) is 31.4 Å². The molecule has 0 bridgehead atoms. The van der Waals surface area contributed by atoms with Crippen molar-refractivity contribution < 1.29 is 0 Å². The highest BCUT2D eigenvalue weighted by Crippen LogP contribution is 2.42. The Bertz CT molecular complexity index is 432. The number of rotatable bonds is 5. The lowest BCUT2D eigenvalue weighted by Crippen LogP contribution is -2.61. The summed E-state index contributed by atoms with van der Waals surface area (Å²) in [5.74, 6) is 2.13. The van der Waals surface area contributed by atoms with Gasteiger partial charge in [0.15, 0.2) is 0 Å². The van der Waals surface area contributed by atoms with E-state index in [1.54, 1.807) is 0 Å². The monoisotopic (exact) mass is 290 g/mol. The Kier molecular flexibility index (Phi) is 4.39. The van der Waals surface area contributed by atoms with E-state index in [0.717, 1.165) is 12.5 Å². The Hall–Kier alpha value is -0.510. The van der Waals surface area contributed by atoms with Crippen molar-refractivity contribution in [2.24, 2.45) is 5.92 Å². The average Bonchev–Trinajstić information content (AvgIpc) is 3.31. The molecule has 20 heavy (non-hydrogen) atoms. The van der Waals surface area contributed by atoms with Crippen LogP contribution in [0.15, 0.2) is 30.3 Å². The molecular weight excluding hydrogens is 264 g/mol. The molecule has 0 radical (unpaired) electrons. The zero-order chi connectivity index (χ0) is 14.0. The average molecular weight is 290 g/mol. The van der Waals surface area contributed by atoms with E-state index in [1.807, 2.05) is 11.8 Å². The van der Waals surface area contributed by atoms with E-state index in [4.69, 9.17) is 0 Å². The highest BCUT2D eigenvalue weighted by Gasteiger charge is 2.45. The molecule has 3 rings (SSSR count). The Labute approximate surface area is 127 Å². The van der Waals surface area contributed by atoms with Crippen LogP contribution >= 0.6 is 11.8 Å². The number of nitrogens with one attached hydrogen (secondary N) is 1. The van der Waals surface area contributed by atoms with Gasteiger partial charge in [-0.2, -0.15) is 11.8 Å². The highest BCUT2D eigenvalue weighted by molar-refractivity contribution is 7.98. The second-order valence-corrected chi connectivity index (χ2v) is 7.45. The quantitative estimate of drug-likeness (QED) is 0.897. The standard InChI is InChI=1S/C17H26N2S/c1-17(15-8-9-15)13-19(10-11-20-2)16(12-18-17)14-6-4-3-5-7-14/h3-7,15-16,18H,8-13H2,1-2H3. The Morgan fingerprint density at radius 2 is 2.05 bits per heavy atom. The molecule has 1 aromatic rings. The number of benzene rings is 1. The second kappa shape index (κ2) is 6.08. The Morgan fingerprint density at radius 1 is 1.30 bits per heavy atom. The molecular formula is C17H26N2S. The van der Waals surface area contributed by atoms with Crippen molar-refractivity contribution in [2.45, 2.75) is 31.3 Å². The summed E-state index contributed by atoms with van der Waals surface area (Å²) in [6.07, 6.45) is 5.03. The van der Waals surface area contributed by atoms with Crippen molar-refractivity contribution >= 4 is 11.8 Å². The van der Waals surface area contributed by atoms with Gasteiger partial charge in [-0.05, 0) is 37.5 Å². The minimum absolute atomic E-state index is 0.337. The van der Waals surface area contributed by atoms with Gasteiger partial charge < -0.3 is 5.32 Å². The topological polar surface area (TPSA) is 15.3 Å². The fraction of sp³-hybridized carbons (Fsp3) is 0.647. The van der Waals surface area contributed by atoms with E-state index >= 15 is 0 Å². The summed E-state index contributed by atoms with van der Waals surface area (Å²) in [7, 11) is 0. The number of nitrogens with zero attached hydrogens (tertiary/aromatic N) is 1. The molecule has 2 fully saturated rings. The van der Waals surface area contributed by atoms with Crippen LogP contribution in [0, 0.1) is 5.92 Å². The lowest BCUT2D eigenvalue weighted by atomic mass is 9.89. The minimum Gasteiger partial charge on any atom is -0.308 e. The fourth-order valence-corrected chi connectivity index (χ4v) is 3.91. The van der Waals surface area contributed by atoms with Crippen molar-refractivity contribution in [2.75, 3.05) is 31.6 Å². The molecule has 3 heteroatoms. The summed E-state index contributed by atoms with van der Waals surface area (Å²) in [5.41, 5.74) is 1.79. The van der Waals surface area contributed by atoms with Crippen LogP contribution in [-0.4, -0.2) is 42.1 Å². The maximum absolute atomic E-state index is 3.86. The van der Waals surface area contributed by atoms with Gasteiger partial charge in [-0.3, -0.25) is 4.90 Å². The van der Waals surface area contributed by atoms with Crippen LogP contribution in [0.2, 0.25) is 0 Å². The van der Waals surface area contributed by atoms with E-state index < -0.39 is 0 Å². The Balaban J connectivity index is 1.75. The second-order valence-electron chi connectivity index (χ2n) is 6.46. The minimum atomic E-state index is 0.337. The first-order chi connectivity index (χ1) is 9.73. The van der Waals surface area contributed by atoms with Crippen molar-refractivity contribution in [1.29, 1.82) is 0 Å². The van der Waals surface area contributed by atoms with Gasteiger partial charge in [0.2, 0.25) is 0 Å². The van der Waals surface area contributed by atoms with Crippen LogP contribution in [0.25, 0.3) is 0 Å². The van der Waals surface area contributed by atoms with E-state index in [-0.39, 0.29) is 0 Å². The molecule has 1 aliphatic carbocycles. The number of piperazine rings is 1. The molecule has 1 saturated heterocycles. The van der Waals surface area contributed by atoms with Crippen molar-refractivity contribution in [1.82, 2.24) is 10.2 Å². The third kappa shape index (κ3) is 3.05. The van der Waals surface area contributed by atoms with E-state index in [0.29, 0.717) is 11.6 Å². The van der Waals surface area contributed by atoms with Crippen LogP contribution in [0.4, 0.5) is 0 Å². The Morgan fingerprint density at radius 3 is 2.70 bits per heavy atom. The lowest BCUT2D eigenvalue weighted by molar-refractivity contribution is 0.0806. The predicted octanol–water partition coefficient (Wildman–Crippen LogP) is 3.16. The highest BCUT2D eigenvalue weighted by atomic mass is 32.2. The van der Waals surface area contributed by atoms with E-state index in [2.05, 4.69) is 53.7 Å². The zero-order valence-corrected chi connectivity index (χ0v) is 13.5. The maximum Gasteiger partial charge on any atom is 0.0473 e. The zero-order valence-electron chi connectivity index (χ0n) is 12.6. The van der Waals surface area contributed by atoms with Crippen LogP contribution in [0.5, 0.6) is 0 Å². The maximum atomic E-state index is 3.86. The molecule has 2 unspecified atom stereocenters. The summed E-state index contributed by atoms with van der Waals surface area (Å²) in [4.78, 5) is 2.71. The van der Waals surface area contributed by atoms with Crippen molar-refractivity contribution in [3.8, 4) is 0 Å². The molecule has 110 valence electrons. The number of thioether (sulfide) groups is 1. The molecule has 2 atom stereocenters. The van der Waals surface area contributed by atoms with Gasteiger partial charge in [-0.25, -0.2) is 0 Å². The van der Waals surface area contributed by atoms with Crippen LogP contribution in [0.3, 0.4) is 0 Å². The van der Waals surface area contributed by atoms with Gasteiger partial charge >= 0.3 is 0 Å². The third-order valence-corrected chi connectivity index (χ3v) is 5.51. The largest absolute Gasteiger partial charge is 0.308 e. The molecule has 1 aliphatic heterocycles. The first-order valence-electron chi connectivity index (χ1n) is 7.76. The first-order valence-corrected chi connectivity index (χ1v) is 9.15. The number of hydrogen-bond acceptors (Lipinski definition) is 3. The van der Waals surface area contributed by atoms with Crippen LogP contribution in [-0.2, 0) is 0 Å². The van der Waals surface area contributed by atoms with Gasteiger partial charge in [0.05, 0.1) is 0 Å². The van der Waals surface area contributed by atoms with Gasteiger partial charge in [-0.1, -0.05) is 30.3 Å². The van der Waals surface area contributed by atoms with Crippen molar-refractivity contribution in [3.05, 3.63) is 35.9 Å². The predicted molar refractivity (Wildman–Crippen MR) is 88.3 cm³/mol. The lowest BCUT2D eigenvalue weighted by Gasteiger charge is -2.47. The molecule has 2 nitrogen and oxygen atoms in total. The van der Waals surface area contributed by atoms with Gasteiger partial charge in [-0.15, -0.1) is 0 Å². The smallest absolute Gasteiger partial charge is 0.0473 e. The van der Waals surface area contributed by atoms with Crippen LogP contribution < -0.4 is 5.32 Å². The molecule has 1 aromatic carbocycles. The third-order valence-electron chi connectivity index (χ3n) is 4.92. The fourth-order valence-electron chi connectivity index (χ4n) is 3.49. The normalized spacial score (nSPS) is 31.4. The summed E-state index contributed by atoms with van der Waals surface area (Å²) in [6.45, 7) is 5.91. The van der Waals surface area contributed by atoms with E-state index in [9.17, 15) is 0 Å². The van der Waals surface area contributed by atoms with E-state index in [1.165, 1.54) is 37.2 Å². The molecule has 2 aliphatic rings. The molecule has 0 amide bonds. The molecule has 1 heterocycles. The van der Waals surface area contributed by atoms with Gasteiger partial charge in [0.1, 0.15) is 0 Å². The summed E-state index contributed by atoms with van der Waals surface area (Å²) < 4.78 is 0. The van der Waals surface area contributed by atoms with Crippen molar-refractivity contribution in [3.63, 3.8) is 0 Å². The SMILES string of the molecule is CSCCN1CC(C)(C2CC2)NCC1c1ccccc1. The molecule has 1 saturated carbocycles. The number of hydrogen-bond donors (Lipinski definition) is 1. The summed E-state index contributed by atoms with van der Waals surface area (Å²) >= 11 is 1.95. The molecule has 0 spiro atoms. The molecule has 0 aromatic heterocycles. The summed E-state index contributed by atoms with van der Waals surface area (Å²) in [6, 6.07) is 11.5. The van der Waals surface area contributed by atoms with Gasteiger partial charge in [0, 0.05) is 37.0 Å². The van der Waals surface area contributed by atoms with Gasteiger partial charge in [0.25, 0.3) is 0 Å². The summed E-state index contributed by atoms with van der Waals surface area (Å²) in [5, 5.41) is 3.86.